The first kappa shape index (κ1) is 22.2. The minimum absolute atomic E-state index is 0.0734. The Kier molecular flexibility index (Phi) is 7.61. The highest BCUT2D eigenvalue weighted by Gasteiger charge is 2.18. The van der Waals surface area contributed by atoms with Crippen molar-refractivity contribution >= 4 is 34.9 Å². The second-order valence-corrected chi connectivity index (χ2v) is 6.82. The number of rotatable bonds is 8. The monoisotopic (exact) mass is 419 g/mol. The normalized spacial score (nSPS) is 10.4. The Morgan fingerprint density at radius 1 is 1.07 bits per heavy atom. The van der Waals surface area contributed by atoms with Crippen LogP contribution in [0.1, 0.15) is 41.5 Å². The van der Waals surface area contributed by atoms with Gasteiger partial charge in [0.25, 0.3) is 5.91 Å². The van der Waals surface area contributed by atoms with Crippen molar-refractivity contribution in [3.63, 3.8) is 0 Å². The number of nitrogens with one attached hydrogen (secondary N) is 1. The number of hydrogen-bond donors (Lipinski definition) is 1. The molecular weight excluding hydrogens is 398 g/mol. The van der Waals surface area contributed by atoms with Crippen LogP contribution in [0.2, 0.25) is 5.02 Å². The lowest BCUT2D eigenvalue weighted by Crippen LogP contribution is -2.21. The number of amides is 1. The van der Waals surface area contributed by atoms with E-state index in [0.717, 1.165) is 0 Å². The van der Waals surface area contributed by atoms with Crippen LogP contribution in [-0.2, 0) is 9.53 Å². The molecule has 2 aromatic rings. The van der Waals surface area contributed by atoms with E-state index in [1.165, 1.54) is 26.2 Å². The molecule has 2 aromatic carbocycles. The van der Waals surface area contributed by atoms with E-state index in [9.17, 15) is 14.4 Å². The summed E-state index contributed by atoms with van der Waals surface area (Å²) in [6, 6.07) is 9.20. The molecule has 0 radical (unpaired) electrons. The molecule has 0 unspecified atom stereocenters. The summed E-state index contributed by atoms with van der Waals surface area (Å²) >= 11 is 6.19. The van der Waals surface area contributed by atoms with E-state index >= 15 is 0 Å². The molecule has 2 rings (SSSR count). The third-order valence-corrected chi connectivity index (χ3v) is 4.01. The van der Waals surface area contributed by atoms with Gasteiger partial charge in [-0.25, -0.2) is 4.79 Å². The smallest absolute Gasteiger partial charge is 0.338 e. The molecule has 1 amide bonds. The topological polar surface area (TPSA) is 90.9 Å². The fourth-order valence-corrected chi connectivity index (χ4v) is 2.64. The van der Waals surface area contributed by atoms with Crippen molar-refractivity contribution in [2.24, 2.45) is 0 Å². The van der Waals surface area contributed by atoms with Gasteiger partial charge in [0.05, 0.1) is 23.8 Å². The Morgan fingerprint density at radius 3 is 2.28 bits per heavy atom. The summed E-state index contributed by atoms with van der Waals surface area (Å²) in [7, 11) is 1.43. The number of carbonyl (C=O) groups is 3. The number of esters is 1. The Labute approximate surface area is 173 Å². The fourth-order valence-electron chi connectivity index (χ4n) is 2.39. The summed E-state index contributed by atoms with van der Waals surface area (Å²) < 4.78 is 15.9. The van der Waals surface area contributed by atoms with E-state index in [-0.39, 0.29) is 28.2 Å². The molecule has 0 aliphatic rings. The van der Waals surface area contributed by atoms with E-state index in [0.29, 0.717) is 17.0 Å². The molecule has 0 bridgehead atoms. The van der Waals surface area contributed by atoms with Gasteiger partial charge in [-0.05, 0) is 57.2 Å². The van der Waals surface area contributed by atoms with Crippen molar-refractivity contribution in [1.29, 1.82) is 0 Å². The fraction of sp³-hybridized carbons (Fsp3) is 0.286. The van der Waals surface area contributed by atoms with Crippen molar-refractivity contribution in [3.05, 3.63) is 52.5 Å². The zero-order valence-electron chi connectivity index (χ0n) is 16.6. The average molecular weight is 420 g/mol. The van der Waals surface area contributed by atoms with Crippen LogP contribution in [0.5, 0.6) is 11.5 Å². The van der Waals surface area contributed by atoms with Gasteiger partial charge in [-0.1, -0.05) is 11.6 Å². The molecule has 8 heteroatoms. The lowest BCUT2D eigenvalue weighted by Gasteiger charge is -2.16. The largest absolute Gasteiger partial charge is 0.493 e. The summed E-state index contributed by atoms with van der Waals surface area (Å²) in [5.41, 5.74) is 1.14. The first-order chi connectivity index (χ1) is 13.7. The van der Waals surface area contributed by atoms with Crippen LogP contribution in [-0.4, -0.2) is 37.5 Å². The predicted molar refractivity (Wildman–Crippen MR) is 109 cm³/mol. The first-order valence-corrected chi connectivity index (χ1v) is 9.21. The van der Waals surface area contributed by atoms with E-state index < -0.39 is 18.5 Å². The van der Waals surface area contributed by atoms with Gasteiger partial charge < -0.3 is 19.5 Å². The van der Waals surface area contributed by atoms with Crippen molar-refractivity contribution in [2.75, 3.05) is 19.0 Å². The number of halogens is 1. The van der Waals surface area contributed by atoms with E-state index in [1.807, 2.05) is 13.8 Å². The molecule has 1 N–H and O–H groups in total. The summed E-state index contributed by atoms with van der Waals surface area (Å²) in [6.07, 6.45) is -0.132. The maximum atomic E-state index is 12.3. The van der Waals surface area contributed by atoms with Gasteiger partial charge in [-0.3, -0.25) is 9.59 Å². The predicted octanol–water partition coefficient (Wildman–Crippen LogP) is 4.13. The Morgan fingerprint density at radius 2 is 1.72 bits per heavy atom. The molecule has 0 saturated carbocycles. The quantitative estimate of drug-likeness (QED) is 0.511. The number of ether oxygens (including phenoxy) is 3. The Bertz CT molecular complexity index is 908. The molecule has 0 saturated heterocycles. The molecule has 29 heavy (non-hydrogen) atoms. The minimum atomic E-state index is -0.733. The highest BCUT2D eigenvalue weighted by molar-refractivity contribution is 6.32. The molecule has 0 aromatic heterocycles. The molecule has 7 nitrogen and oxygen atoms in total. The molecule has 154 valence electrons. The van der Waals surface area contributed by atoms with Crippen LogP contribution in [0, 0.1) is 0 Å². The second kappa shape index (κ2) is 9.93. The van der Waals surface area contributed by atoms with Gasteiger partial charge in [0.1, 0.15) is 0 Å². The van der Waals surface area contributed by atoms with E-state index in [2.05, 4.69) is 5.32 Å². The Balaban J connectivity index is 2.00. The van der Waals surface area contributed by atoms with Gasteiger partial charge in [0.2, 0.25) is 0 Å². The van der Waals surface area contributed by atoms with Crippen LogP contribution in [0.4, 0.5) is 5.69 Å². The van der Waals surface area contributed by atoms with Gasteiger partial charge in [0, 0.05) is 11.3 Å². The lowest BCUT2D eigenvalue weighted by molar-refractivity contribution is -0.119. The molecule has 0 spiro atoms. The van der Waals surface area contributed by atoms with Crippen molar-refractivity contribution < 1.29 is 28.6 Å². The minimum Gasteiger partial charge on any atom is -0.493 e. The number of anilines is 1. The maximum Gasteiger partial charge on any atom is 0.338 e. The highest BCUT2D eigenvalue weighted by Crippen LogP contribution is 2.37. The van der Waals surface area contributed by atoms with Gasteiger partial charge in [-0.15, -0.1) is 0 Å². The molecule has 0 aliphatic carbocycles. The summed E-state index contributed by atoms with van der Waals surface area (Å²) in [6.45, 7) is 4.64. The summed E-state index contributed by atoms with van der Waals surface area (Å²) in [4.78, 5) is 35.5. The maximum absolute atomic E-state index is 12.3. The third kappa shape index (κ3) is 6.22. The average Bonchev–Trinajstić information content (AvgIpc) is 2.67. The molecule has 0 fully saturated rings. The number of carbonyl (C=O) groups excluding carboxylic acids is 3. The van der Waals surface area contributed by atoms with Crippen LogP contribution in [0.3, 0.4) is 0 Å². The lowest BCUT2D eigenvalue weighted by atomic mass is 10.1. The zero-order chi connectivity index (χ0) is 21.6. The van der Waals surface area contributed by atoms with Crippen LogP contribution >= 0.6 is 11.6 Å². The molecule has 0 heterocycles. The molecule has 0 atom stereocenters. The third-order valence-electron chi connectivity index (χ3n) is 3.73. The zero-order valence-corrected chi connectivity index (χ0v) is 17.3. The van der Waals surface area contributed by atoms with E-state index in [1.54, 1.807) is 24.3 Å². The van der Waals surface area contributed by atoms with Gasteiger partial charge in [0.15, 0.2) is 23.9 Å². The van der Waals surface area contributed by atoms with Crippen LogP contribution < -0.4 is 14.8 Å². The van der Waals surface area contributed by atoms with Crippen molar-refractivity contribution in [1.82, 2.24) is 0 Å². The Hall–Kier alpha value is -3.06. The van der Waals surface area contributed by atoms with Crippen molar-refractivity contribution in [2.45, 2.75) is 26.9 Å². The van der Waals surface area contributed by atoms with E-state index in [4.69, 9.17) is 25.8 Å². The first-order valence-electron chi connectivity index (χ1n) is 8.83. The number of Topliss-reactive ketones (excluding diaryl/α,β-unsaturated/α-hetero) is 1. The molecule has 0 aliphatic heterocycles. The second-order valence-electron chi connectivity index (χ2n) is 6.41. The van der Waals surface area contributed by atoms with Gasteiger partial charge in [-0.2, -0.15) is 0 Å². The standard InChI is InChI=1S/C21H22ClNO6/c1-12(2)29-20-17(22)9-15(10-18(20)27-4)21(26)28-11-19(25)23-16-7-5-14(6-8-16)13(3)24/h5-10,12H,11H2,1-4H3,(H,23,25). The molecular formula is C21H22ClNO6. The van der Waals surface area contributed by atoms with Crippen LogP contribution in [0.25, 0.3) is 0 Å². The van der Waals surface area contributed by atoms with Gasteiger partial charge >= 0.3 is 5.97 Å². The summed E-state index contributed by atoms with van der Waals surface area (Å²) in [5.74, 6) is -0.716. The highest BCUT2D eigenvalue weighted by atomic mass is 35.5. The number of benzene rings is 2. The number of ketones is 1. The number of methoxy groups -OCH3 is 1. The van der Waals surface area contributed by atoms with Crippen molar-refractivity contribution in [3.8, 4) is 11.5 Å². The van der Waals surface area contributed by atoms with Crippen LogP contribution in [0.15, 0.2) is 36.4 Å². The summed E-state index contributed by atoms with van der Waals surface area (Å²) in [5, 5.41) is 2.78. The SMILES string of the molecule is COc1cc(C(=O)OCC(=O)Nc2ccc(C(C)=O)cc2)cc(Cl)c1OC(C)C. The number of hydrogen-bond acceptors (Lipinski definition) is 6.